The Hall–Kier alpha value is -1.89. The highest BCUT2D eigenvalue weighted by Gasteiger charge is 2.50. The van der Waals surface area contributed by atoms with Gasteiger partial charge in [0.1, 0.15) is 0 Å². The summed E-state index contributed by atoms with van der Waals surface area (Å²) < 4.78 is 24.2. The second-order valence-corrected chi connectivity index (χ2v) is 6.96. The molecule has 0 bridgehead atoms. The summed E-state index contributed by atoms with van der Waals surface area (Å²) in [6.45, 7) is 1.75. The number of amides is 3. The van der Waals surface area contributed by atoms with Crippen LogP contribution in [0.2, 0.25) is 0 Å². The van der Waals surface area contributed by atoms with E-state index in [1.54, 1.807) is 37.3 Å². The molecule has 2 N–H and O–H groups in total. The lowest BCUT2D eigenvalue weighted by Gasteiger charge is -2.26. The van der Waals surface area contributed by atoms with Gasteiger partial charge in [0.05, 0.1) is 11.5 Å². The molecule has 6 nitrogen and oxygen atoms in total. The lowest BCUT2D eigenvalue weighted by Crippen LogP contribution is -2.49. The molecule has 1 atom stereocenters. The summed E-state index contributed by atoms with van der Waals surface area (Å²) in [6, 6.07) is 7.74. The molecule has 3 amide bonds. The van der Waals surface area contributed by atoms with E-state index in [2.05, 4.69) is 10.6 Å². The highest BCUT2D eigenvalue weighted by molar-refractivity contribution is 7.91. The average Bonchev–Trinajstić information content (AvgIpc) is 2.65. The number of hydrogen-bond donors (Lipinski definition) is 2. The van der Waals surface area contributed by atoms with Crippen LogP contribution in [0.15, 0.2) is 30.3 Å². The van der Waals surface area contributed by atoms with Crippen molar-refractivity contribution in [1.82, 2.24) is 10.6 Å². The van der Waals surface area contributed by atoms with Crippen LogP contribution in [0, 0.1) is 0 Å². The molecule has 1 saturated heterocycles. The van der Waals surface area contributed by atoms with Crippen LogP contribution < -0.4 is 10.6 Å². The predicted molar refractivity (Wildman–Crippen MR) is 73.7 cm³/mol. The van der Waals surface area contributed by atoms with Crippen molar-refractivity contribution in [3.8, 4) is 0 Å². The van der Waals surface area contributed by atoms with E-state index in [1.165, 1.54) is 0 Å². The van der Waals surface area contributed by atoms with Gasteiger partial charge in [-0.15, -0.1) is 0 Å². The number of carbonyl (C=O) groups excluding carboxylic acids is 2. The Kier molecular flexibility index (Phi) is 3.80. The van der Waals surface area contributed by atoms with Crippen LogP contribution in [0.5, 0.6) is 0 Å². The average molecular weight is 296 g/mol. The fourth-order valence-corrected chi connectivity index (χ4v) is 4.11. The number of nitrogens with one attached hydrogen (secondary N) is 2. The highest BCUT2D eigenvalue weighted by atomic mass is 32.2. The molecule has 0 spiro atoms. The molecule has 1 unspecified atom stereocenters. The van der Waals surface area contributed by atoms with Crippen molar-refractivity contribution in [2.45, 2.75) is 18.9 Å². The van der Waals surface area contributed by atoms with Crippen molar-refractivity contribution in [1.29, 1.82) is 0 Å². The summed E-state index contributed by atoms with van der Waals surface area (Å²) in [7, 11) is -3.45. The van der Waals surface area contributed by atoms with Crippen molar-refractivity contribution in [3.05, 3.63) is 35.9 Å². The van der Waals surface area contributed by atoms with Crippen molar-refractivity contribution < 1.29 is 18.0 Å². The third-order valence-electron chi connectivity index (χ3n) is 3.16. The molecule has 1 fully saturated rings. The topological polar surface area (TPSA) is 92.3 Å². The van der Waals surface area contributed by atoms with Gasteiger partial charge in [0.15, 0.2) is 15.4 Å². The number of rotatable bonds is 5. The molecular formula is C13H16N2O4S. The van der Waals surface area contributed by atoms with Gasteiger partial charge in [0.2, 0.25) is 0 Å². The molecule has 0 saturated carbocycles. The fraction of sp³-hybridized carbons (Fsp3) is 0.385. The van der Waals surface area contributed by atoms with Gasteiger partial charge in [-0.25, -0.2) is 13.2 Å². The first-order valence-electron chi connectivity index (χ1n) is 6.29. The molecule has 0 aliphatic carbocycles. The monoisotopic (exact) mass is 296 g/mol. The molecule has 2 rings (SSSR count). The molecule has 7 heteroatoms. The summed E-state index contributed by atoms with van der Waals surface area (Å²) in [4.78, 5) is 23.6. The lowest BCUT2D eigenvalue weighted by atomic mass is 9.92. The summed E-state index contributed by atoms with van der Waals surface area (Å²) in [5, 5.41) is 4.59. The van der Waals surface area contributed by atoms with Crippen LogP contribution in [0.3, 0.4) is 0 Å². The smallest absolute Gasteiger partial charge is 0.319 e. The Labute approximate surface area is 117 Å². The Bertz CT molecular complexity index is 627. The van der Waals surface area contributed by atoms with E-state index in [0.29, 0.717) is 12.0 Å². The number of carbonyl (C=O) groups is 2. The van der Waals surface area contributed by atoms with Crippen molar-refractivity contribution in [2.75, 3.05) is 11.5 Å². The lowest BCUT2D eigenvalue weighted by molar-refractivity contribution is -0.123. The standard InChI is InChI=1S/C13H16N2O4S/c1-2-8-20(18,19)9-13(10-6-4-3-5-7-10)11(16)14-12(17)15-13/h3-7H,2,8-9H2,1H3,(H2,14,15,16,17). The van der Waals surface area contributed by atoms with E-state index in [-0.39, 0.29) is 5.75 Å². The van der Waals surface area contributed by atoms with Crippen molar-refractivity contribution in [2.24, 2.45) is 0 Å². The van der Waals surface area contributed by atoms with E-state index >= 15 is 0 Å². The van der Waals surface area contributed by atoms with E-state index in [9.17, 15) is 18.0 Å². The number of sulfone groups is 1. The molecule has 0 aromatic heterocycles. The maximum absolute atomic E-state index is 12.1. The number of imide groups is 1. The fourth-order valence-electron chi connectivity index (χ4n) is 2.32. The second kappa shape index (κ2) is 5.24. The minimum absolute atomic E-state index is 0.0231. The van der Waals surface area contributed by atoms with Crippen LogP contribution in [-0.2, 0) is 20.2 Å². The zero-order chi connectivity index (χ0) is 14.8. The quantitative estimate of drug-likeness (QED) is 0.776. The third-order valence-corrected chi connectivity index (χ3v) is 5.06. The largest absolute Gasteiger partial charge is 0.322 e. The van der Waals surface area contributed by atoms with Gasteiger partial charge in [-0.2, -0.15) is 0 Å². The second-order valence-electron chi connectivity index (χ2n) is 4.77. The van der Waals surface area contributed by atoms with Gasteiger partial charge >= 0.3 is 6.03 Å². The summed E-state index contributed by atoms with van der Waals surface area (Å²) >= 11 is 0. The Balaban J connectivity index is 2.47. The highest BCUT2D eigenvalue weighted by Crippen LogP contribution is 2.27. The van der Waals surface area contributed by atoms with Crippen molar-refractivity contribution in [3.63, 3.8) is 0 Å². The zero-order valence-electron chi connectivity index (χ0n) is 11.0. The van der Waals surface area contributed by atoms with E-state index < -0.39 is 33.1 Å². The summed E-state index contributed by atoms with van der Waals surface area (Å²) in [5.74, 6) is -1.09. The van der Waals surface area contributed by atoms with E-state index in [4.69, 9.17) is 0 Å². The molecule has 1 aliphatic heterocycles. The van der Waals surface area contributed by atoms with Gasteiger partial charge in [-0.05, 0) is 12.0 Å². The van der Waals surface area contributed by atoms with E-state index in [1.807, 2.05) is 0 Å². The molecule has 1 aromatic rings. The maximum Gasteiger partial charge on any atom is 0.322 e. The minimum atomic E-state index is -3.45. The van der Waals surface area contributed by atoms with E-state index in [0.717, 1.165) is 0 Å². The van der Waals surface area contributed by atoms with Gasteiger partial charge in [-0.1, -0.05) is 37.3 Å². The Morgan fingerprint density at radius 2 is 1.80 bits per heavy atom. The minimum Gasteiger partial charge on any atom is -0.319 e. The first kappa shape index (κ1) is 14.5. The first-order valence-corrected chi connectivity index (χ1v) is 8.11. The van der Waals surface area contributed by atoms with Gasteiger partial charge in [0, 0.05) is 0 Å². The van der Waals surface area contributed by atoms with Gasteiger partial charge < -0.3 is 5.32 Å². The Morgan fingerprint density at radius 1 is 1.15 bits per heavy atom. The number of hydrogen-bond acceptors (Lipinski definition) is 4. The molecule has 108 valence electrons. The zero-order valence-corrected chi connectivity index (χ0v) is 11.9. The summed E-state index contributed by atoms with van der Waals surface area (Å²) in [6.07, 6.45) is 0.461. The van der Waals surface area contributed by atoms with Gasteiger partial charge in [0.25, 0.3) is 5.91 Å². The molecule has 1 aromatic carbocycles. The first-order chi connectivity index (χ1) is 9.39. The van der Waals surface area contributed by atoms with Crippen LogP contribution in [-0.4, -0.2) is 31.9 Å². The molecule has 0 radical (unpaired) electrons. The van der Waals surface area contributed by atoms with Crippen LogP contribution >= 0.6 is 0 Å². The number of urea groups is 1. The van der Waals surface area contributed by atoms with Crippen LogP contribution in [0.25, 0.3) is 0 Å². The molecule has 20 heavy (non-hydrogen) atoms. The van der Waals surface area contributed by atoms with Crippen molar-refractivity contribution >= 4 is 21.8 Å². The van der Waals surface area contributed by atoms with Crippen LogP contribution in [0.1, 0.15) is 18.9 Å². The summed E-state index contributed by atoms with van der Waals surface area (Å²) in [5.41, 5.74) is -1.07. The van der Waals surface area contributed by atoms with Crippen LogP contribution in [0.4, 0.5) is 4.79 Å². The van der Waals surface area contributed by atoms with Gasteiger partial charge in [-0.3, -0.25) is 10.1 Å². The molecular weight excluding hydrogens is 280 g/mol. The Morgan fingerprint density at radius 3 is 2.30 bits per heavy atom. The normalized spacial score (nSPS) is 22.4. The molecule has 1 heterocycles. The predicted octanol–water partition coefficient (Wildman–Crippen LogP) is 0.546. The maximum atomic E-state index is 12.1. The SMILES string of the molecule is CCCS(=O)(=O)CC1(c2ccccc2)NC(=O)NC1=O. The number of benzene rings is 1. The molecule has 1 aliphatic rings. The third kappa shape index (κ3) is 2.67.